The van der Waals surface area contributed by atoms with Gasteiger partial charge in [-0.15, -0.1) is 0 Å². The van der Waals surface area contributed by atoms with Crippen LogP contribution in [0.1, 0.15) is 18.4 Å². The largest absolute Gasteiger partial charge is 0.310 e. The SMILES string of the molecule is C=C(CNC1CCN(S(C)(=O)=O)CC1)c1ccccc1. The van der Waals surface area contributed by atoms with Gasteiger partial charge in [-0.3, -0.25) is 0 Å². The molecule has 0 radical (unpaired) electrons. The third-order valence-electron chi connectivity index (χ3n) is 3.71. The van der Waals surface area contributed by atoms with E-state index in [1.807, 2.05) is 18.2 Å². The van der Waals surface area contributed by atoms with Crippen molar-refractivity contribution in [2.45, 2.75) is 18.9 Å². The van der Waals surface area contributed by atoms with Crippen LogP contribution in [-0.2, 0) is 10.0 Å². The van der Waals surface area contributed by atoms with E-state index in [1.54, 1.807) is 4.31 Å². The summed E-state index contributed by atoms with van der Waals surface area (Å²) in [7, 11) is -3.04. The molecule has 4 nitrogen and oxygen atoms in total. The zero-order valence-corrected chi connectivity index (χ0v) is 12.7. The molecule has 110 valence electrons. The predicted molar refractivity (Wildman–Crippen MR) is 82.9 cm³/mol. The van der Waals surface area contributed by atoms with Gasteiger partial charge in [0, 0.05) is 25.7 Å². The van der Waals surface area contributed by atoms with Crippen LogP contribution in [0.5, 0.6) is 0 Å². The zero-order chi connectivity index (χ0) is 14.6. The molecule has 0 saturated carbocycles. The van der Waals surface area contributed by atoms with E-state index in [1.165, 1.54) is 6.26 Å². The Kier molecular flexibility index (Phi) is 4.96. The third kappa shape index (κ3) is 4.16. The van der Waals surface area contributed by atoms with Crippen LogP contribution in [0, 0.1) is 0 Å². The molecule has 1 heterocycles. The van der Waals surface area contributed by atoms with E-state index in [2.05, 4.69) is 24.0 Å². The van der Waals surface area contributed by atoms with Crippen LogP contribution in [0.2, 0.25) is 0 Å². The van der Waals surface area contributed by atoms with Crippen molar-refractivity contribution >= 4 is 15.6 Å². The van der Waals surface area contributed by atoms with E-state index < -0.39 is 10.0 Å². The van der Waals surface area contributed by atoms with Crippen molar-refractivity contribution in [1.82, 2.24) is 9.62 Å². The highest BCUT2D eigenvalue weighted by molar-refractivity contribution is 7.88. The van der Waals surface area contributed by atoms with Crippen molar-refractivity contribution in [3.63, 3.8) is 0 Å². The summed E-state index contributed by atoms with van der Waals surface area (Å²) in [5.74, 6) is 0. The normalized spacial score (nSPS) is 18.1. The molecule has 2 rings (SSSR count). The standard InChI is InChI=1S/C15H22N2O2S/c1-13(14-6-4-3-5-7-14)12-16-15-8-10-17(11-9-15)20(2,18)19/h3-7,15-16H,1,8-12H2,2H3. The van der Waals surface area contributed by atoms with Gasteiger partial charge in [-0.2, -0.15) is 0 Å². The smallest absolute Gasteiger partial charge is 0.211 e. The highest BCUT2D eigenvalue weighted by Gasteiger charge is 2.24. The van der Waals surface area contributed by atoms with E-state index >= 15 is 0 Å². The molecule has 0 atom stereocenters. The van der Waals surface area contributed by atoms with Crippen molar-refractivity contribution in [3.8, 4) is 0 Å². The summed E-state index contributed by atoms with van der Waals surface area (Å²) in [5, 5.41) is 3.47. The van der Waals surface area contributed by atoms with Gasteiger partial charge in [0.2, 0.25) is 10.0 Å². The molecule has 0 aliphatic carbocycles. The van der Waals surface area contributed by atoms with Crippen LogP contribution in [-0.4, -0.2) is 44.7 Å². The predicted octanol–water partition coefficient (Wildman–Crippen LogP) is 1.71. The van der Waals surface area contributed by atoms with Gasteiger partial charge in [0.15, 0.2) is 0 Å². The molecular weight excluding hydrogens is 272 g/mol. The fraction of sp³-hybridized carbons (Fsp3) is 0.467. The molecule has 1 N–H and O–H groups in total. The molecular formula is C15H22N2O2S. The Labute approximate surface area is 121 Å². The summed E-state index contributed by atoms with van der Waals surface area (Å²) in [6.07, 6.45) is 2.99. The average Bonchev–Trinajstić information content (AvgIpc) is 2.45. The van der Waals surface area contributed by atoms with E-state index in [0.29, 0.717) is 19.1 Å². The van der Waals surface area contributed by atoms with E-state index in [-0.39, 0.29) is 0 Å². The molecule has 1 aromatic carbocycles. The molecule has 0 unspecified atom stereocenters. The first-order chi connectivity index (χ1) is 9.47. The number of rotatable bonds is 5. The van der Waals surface area contributed by atoms with Crippen LogP contribution in [0.4, 0.5) is 0 Å². The molecule has 0 bridgehead atoms. The topological polar surface area (TPSA) is 49.4 Å². The Morgan fingerprint density at radius 3 is 2.45 bits per heavy atom. The number of hydrogen-bond donors (Lipinski definition) is 1. The number of hydrogen-bond acceptors (Lipinski definition) is 3. The first-order valence-electron chi connectivity index (χ1n) is 6.88. The summed E-state index contributed by atoms with van der Waals surface area (Å²) in [6.45, 7) is 6.05. The van der Waals surface area contributed by atoms with Crippen LogP contribution in [0.3, 0.4) is 0 Å². The van der Waals surface area contributed by atoms with Crippen molar-refractivity contribution in [2.24, 2.45) is 0 Å². The Bertz CT molecular complexity index is 546. The second-order valence-corrected chi connectivity index (χ2v) is 7.27. The molecule has 1 saturated heterocycles. The molecule has 0 amide bonds. The number of nitrogens with one attached hydrogen (secondary N) is 1. The molecule has 1 aromatic rings. The second kappa shape index (κ2) is 6.52. The Hall–Kier alpha value is -1.17. The maximum atomic E-state index is 11.4. The lowest BCUT2D eigenvalue weighted by molar-refractivity contribution is 0.296. The average molecular weight is 294 g/mol. The fourth-order valence-corrected chi connectivity index (χ4v) is 3.31. The second-order valence-electron chi connectivity index (χ2n) is 5.29. The monoisotopic (exact) mass is 294 g/mol. The van der Waals surface area contributed by atoms with Gasteiger partial charge < -0.3 is 5.32 Å². The maximum absolute atomic E-state index is 11.4. The summed E-state index contributed by atoms with van der Waals surface area (Å²) in [6, 6.07) is 10.5. The highest BCUT2D eigenvalue weighted by Crippen LogP contribution is 2.15. The molecule has 1 fully saturated rings. The Balaban J connectivity index is 1.78. The summed E-state index contributed by atoms with van der Waals surface area (Å²) >= 11 is 0. The molecule has 0 spiro atoms. The van der Waals surface area contributed by atoms with E-state index in [0.717, 1.165) is 30.5 Å². The fourth-order valence-electron chi connectivity index (χ4n) is 2.44. The van der Waals surface area contributed by atoms with Gasteiger partial charge in [-0.25, -0.2) is 12.7 Å². The van der Waals surface area contributed by atoms with Gasteiger partial charge in [0.1, 0.15) is 0 Å². The minimum atomic E-state index is -3.04. The molecule has 0 aromatic heterocycles. The van der Waals surface area contributed by atoms with Crippen molar-refractivity contribution in [3.05, 3.63) is 42.5 Å². The zero-order valence-electron chi connectivity index (χ0n) is 11.9. The van der Waals surface area contributed by atoms with Crippen molar-refractivity contribution < 1.29 is 8.42 Å². The van der Waals surface area contributed by atoms with E-state index in [4.69, 9.17) is 0 Å². The van der Waals surface area contributed by atoms with Crippen LogP contribution < -0.4 is 5.32 Å². The molecule has 20 heavy (non-hydrogen) atoms. The van der Waals surface area contributed by atoms with Crippen LogP contribution in [0.25, 0.3) is 5.57 Å². The van der Waals surface area contributed by atoms with Gasteiger partial charge in [-0.1, -0.05) is 36.9 Å². The molecule has 1 aliphatic heterocycles. The quantitative estimate of drug-likeness (QED) is 0.899. The lowest BCUT2D eigenvalue weighted by atomic mass is 10.0. The third-order valence-corrected chi connectivity index (χ3v) is 5.01. The van der Waals surface area contributed by atoms with Gasteiger partial charge >= 0.3 is 0 Å². The summed E-state index contributed by atoms with van der Waals surface area (Å²) in [4.78, 5) is 0. The van der Waals surface area contributed by atoms with Crippen LogP contribution >= 0.6 is 0 Å². The van der Waals surface area contributed by atoms with E-state index in [9.17, 15) is 8.42 Å². The minimum absolute atomic E-state index is 0.369. The van der Waals surface area contributed by atoms with Crippen molar-refractivity contribution in [2.75, 3.05) is 25.9 Å². The highest BCUT2D eigenvalue weighted by atomic mass is 32.2. The number of nitrogens with zero attached hydrogens (tertiary/aromatic N) is 1. The van der Waals surface area contributed by atoms with Crippen molar-refractivity contribution in [1.29, 1.82) is 0 Å². The van der Waals surface area contributed by atoms with Crippen LogP contribution in [0.15, 0.2) is 36.9 Å². The number of benzene rings is 1. The number of sulfonamides is 1. The Morgan fingerprint density at radius 2 is 1.90 bits per heavy atom. The lowest BCUT2D eigenvalue weighted by Gasteiger charge is -2.31. The summed E-state index contributed by atoms with van der Waals surface area (Å²) < 4.78 is 24.4. The summed E-state index contributed by atoms with van der Waals surface area (Å²) in [5.41, 5.74) is 2.21. The van der Waals surface area contributed by atoms with Gasteiger partial charge in [0.25, 0.3) is 0 Å². The number of piperidine rings is 1. The molecule has 5 heteroatoms. The maximum Gasteiger partial charge on any atom is 0.211 e. The first-order valence-corrected chi connectivity index (χ1v) is 8.73. The first kappa shape index (κ1) is 15.2. The Morgan fingerprint density at radius 1 is 1.30 bits per heavy atom. The lowest BCUT2D eigenvalue weighted by Crippen LogP contribution is -2.44. The minimum Gasteiger partial charge on any atom is -0.310 e. The van der Waals surface area contributed by atoms with Gasteiger partial charge in [-0.05, 0) is 24.0 Å². The van der Waals surface area contributed by atoms with Gasteiger partial charge in [0.05, 0.1) is 6.26 Å². The molecule has 1 aliphatic rings.